The maximum Gasteiger partial charge on any atom is 0.248 e. The van der Waals surface area contributed by atoms with Gasteiger partial charge in [0.1, 0.15) is 11.5 Å². The molecule has 0 aliphatic carbocycles. The highest BCUT2D eigenvalue weighted by atomic mass is 16.5. The zero-order valence-corrected chi connectivity index (χ0v) is 15.9. The van der Waals surface area contributed by atoms with Gasteiger partial charge in [-0.2, -0.15) is 0 Å². The molecule has 2 amide bonds. The number of amides is 2. The molecule has 148 valence electrons. The zero-order valence-electron chi connectivity index (χ0n) is 15.9. The van der Waals surface area contributed by atoms with E-state index in [0.717, 1.165) is 17.9 Å². The van der Waals surface area contributed by atoms with Crippen molar-refractivity contribution in [2.24, 2.45) is 5.73 Å². The number of carbonyl (C=O) groups is 2. The number of ether oxygens (including phenoxy) is 2. The molecule has 1 aliphatic rings. The summed E-state index contributed by atoms with van der Waals surface area (Å²) in [5.41, 5.74) is 6.64. The minimum absolute atomic E-state index is 0.0335. The first-order valence-electron chi connectivity index (χ1n) is 9.26. The van der Waals surface area contributed by atoms with Crippen LogP contribution in [0.2, 0.25) is 0 Å². The second-order valence-corrected chi connectivity index (χ2v) is 6.54. The maximum absolute atomic E-state index is 12.8. The summed E-state index contributed by atoms with van der Waals surface area (Å²) in [6, 6.07) is 14.3. The Morgan fingerprint density at radius 2 is 1.93 bits per heavy atom. The molecule has 1 atom stereocenters. The number of para-hydroxylation sites is 1. The lowest BCUT2D eigenvalue weighted by Gasteiger charge is -2.37. The van der Waals surface area contributed by atoms with Crippen LogP contribution < -0.4 is 20.5 Å². The van der Waals surface area contributed by atoms with E-state index in [4.69, 9.17) is 15.2 Å². The van der Waals surface area contributed by atoms with Crippen molar-refractivity contribution in [3.05, 3.63) is 59.7 Å². The number of hydrogen-bond acceptors (Lipinski definition) is 5. The molecule has 3 rings (SSSR count). The Morgan fingerprint density at radius 1 is 1.18 bits per heavy atom. The van der Waals surface area contributed by atoms with Gasteiger partial charge in [0.2, 0.25) is 11.8 Å². The largest absolute Gasteiger partial charge is 0.496 e. The lowest BCUT2D eigenvalue weighted by atomic mass is 10.0. The van der Waals surface area contributed by atoms with Crippen molar-refractivity contribution in [1.29, 1.82) is 0 Å². The van der Waals surface area contributed by atoms with Crippen LogP contribution in [0.1, 0.15) is 28.4 Å². The summed E-state index contributed by atoms with van der Waals surface area (Å²) in [7, 11) is 1.64. The molecule has 1 heterocycles. The van der Waals surface area contributed by atoms with Crippen molar-refractivity contribution in [2.45, 2.75) is 12.5 Å². The molecule has 0 aromatic heterocycles. The van der Waals surface area contributed by atoms with Gasteiger partial charge in [0, 0.05) is 30.8 Å². The molecule has 2 aromatic carbocycles. The van der Waals surface area contributed by atoms with E-state index in [0.29, 0.717) is 24.4 Å². The Hall–Kier alpha value is -3.06. The Bertz CT molecular complexity index is 823. The van der Waals surface area contributed by atoms with Crippen LogP contribution in [0.25, 0.3) is 0 Å². The summed E-state index contributed by atoms with van der Waals surface area (Å²) in [4.78, 5) is 25.8. The van der Waals surface area contributed by atoms with E-state index in [-0.39, 0.29) is 25.0 Å². The lowest BCUT2D eigenvalue weighted by molar-refractivity contribution is -0.135. The molecular formula is C21H25N3O4. The van der Waals surface area contributed by atoms with Gasteiger partial charge >= 0.3 is 0 Å². The molecule has 1 fully saturated rings. The first-order chi connectivity index (χ1) is 13.6. The second-order valence-electron chi connectivity index (χ2n) is 6.54. The van der Waals surface area contributed by atoms with Gasteiger partial charge in [-0.25, -0.2) is 0 Å². The molecule has 0 saturated carbocycles. The highest BCUT2D eigenvalue weighted by Crippen LogP contribution is 2.30. The summed E-state index contributed by atoms with van der Waals surface area (Å²) in [5, 5.41) is 3.35. The summed E-state index contributed by atoms with van der Waals surface area (Å²) >= 11 is 0. The van der Waals surface area contributed by atoms with Gasteiger partial charge < -0.3 is 25.4 Å². The standard InChI is InChI=1S/C21H25N3O4/c1-27-19-5-3-2-4-17(19)18-14-23-11-12-24(18)20(25)10-13-28-16-8-6-15(7-9-16)21(22)26/h2-9,18,23H,10-14H2,1H3,(H2,22,26). The summed E-state index contributed by atoms with van der Waals surface area (Å²) in [6.07, 6.45) is 0.267. The van der Waals surface area contributed by atoms with Crippen molar-refractivity contribution in [1.82, 2.24) is 10.2 Å². The molecular weight excluding hydrogens is 358 g/mol. The van der Waals surface area contributed by atoms with Gasteiger partial charge in [0.15, 0.2) is 0 Å². The monoisotopic (exact) mass is 383 g/mol. The molecule has 0 bridgehead atoms. The van der Waals surface area contributed by atoms with Gasteiger partial charge in [-0.3, -0.25) is 9.59 Å². The zero-order chi connectivity index (χ0) is 19.9. The fourth-order valence-electron chi connectivity index (χ4n) is 3.34. The minimum atomic E-state index is -0.484. The Balaban J connectivity index is 1.61. The van der Waals surface area contributed by atoms with E-state index in [9.17, 15) is 9.59 Å². The van der Waals surface area contributed by atoms with Crippen LogP contribution in [-0.4, -0.2) is 50.1 Å². The Kier molecular flexibility index (Phi) is 6.49. The smallest absolute Gasteiger partial charge is 0.248 e. The van der Waals surface area contributed by atoms with Gasteiger partial charge in [-0.15, -0.1) is 0 Å². The predicted octanol–water partition coefficient (Wildman–Crippen LogP) is 1.74. The quantitative estimate of drug-likeness (QED) is 0.760. The molecule has 1 unspecified atom stereocenters. The van der Waals surface area contributed by atoms with Crippen molar-refractivity contribution in [2.75, 3.05) is 33.4 Å². The van der Waals surface area contributed by atoms with E-state index in [1.807, 2.05) is 29.2 Å². The number of benzene rings is 2. The average molecular weight is 383 g/mol. The summed E-state index contributed by atoms with van der Waals surface area (Å²) in [5.74, 6) is 0.924. The average Bonchev–Trinajstić information content (AvgIpc) is 2.74. The number of nitrogens with two attached hydrogens (primary N) is 1. The van der Waals surface area contributed by atoms with Crippen LogP contribution in [0.5, 0.6) is 11.5 Å². The number of primary amides is 1. The van der Waals surface area contributed by atoms with Crippen molar-refractivity contribution >= 4 is 11.8 Å². The van der Waals surface area contributed by atoms with Crippen molar-refractivity contribution < 1.29 is 19.1 Å². The highest BCUT2D eigenvalue weighted by molar-refractivity contribution is 5.92. The fraction of sp³-hybridized carbons (Fsp3) is 0.333. The van der Waals surface area contributed by atoms with E-state index in [1.165, 1.54) is 0 Å². The maximum atomic E-state index is 12.8. The van der Waals surface area contributed by atoms with Crippen LogP contribution in [0.15, 0.2) is 48.5 Å². The van der Waals surface area contributed by atoms with Crippen LogP contribution >= 0.6 is 0 Å². The number of carbonyl (C=O) groups excluding carboxylic acids is 2. The number of nitrogens with zero attached hydrogens (tertiary/aromatic N) is 1. The molecule has 0 radical (unpaired) electrons. The number of piperazine rings is 1. The van der Waals surface area contributed by atoms with Gasteiger partial charge in [0.25, 0.3) is 0 Å². The number of hydrogen-bond donors (Lipinski definition) is 2. The normalized spacial score (nSPS) is 16.5. The molecule has 1 aliphatic heterocycles. The fourth-order valence-corrected chi connectivity index (χ4v) is 3.34. The first kappa shape index (κ1) is 19.7. The molecule has 28 heavy (non-hydrogen) atoms. The molecule has 2 aromatic rings. The Labute approximate surface area is 164 Å². The first-order valence-corrected chi connectivity index (χ1v) is 9.26. The highest BCUT2D eigenvalue weighted by Gasteiger charge is 2.29. The van der Waals surface area contributed by atoms with Crippen molar-refractivity contribution in [3.8, 4) is 11.5 Å². The SMILES string of the molecule is COc1ccccc1C1CNCCN1C(=O)CCOc1ccc(C(N)=O)cc1. The van der Waals surface area contributed by atoms with Crippen LogP contribution in [0.3, 0.4) is 0 Å². The Morgan fingerprint density at radius 3 is 2.64 bits per heavy atom. The molecule has 7 nitrogen and oxygen atoms in total. The van der Waals surface area contributed by atoms with Gasteiger partial charge in [0.05, 0.1) is 26.2 Å². The minimum Gasteiger partial charge on any atom is -0.496 e. The summed E-state index contributed by atoms with van der Waals surface area (Å²) < 4.78 is 11.1. The van der Waals surface area contributed by atoms with Crippen molar-refractivity contribution in [3.63, 3.8) is 0 Å². The molecule has 1 saturated heterocycles. The van der Waals surface area contributed by atoms with Gasteiger partial charge in [-0.1, -0.05) is 18.2 Å². The third-order valence-electron chi connectivity index (χ3n) is 4.79. The van der Waals surface area contributed by atoms with E-state index >= 15 is 0 Å². The predicted molar refractivity (Wildman–Crippen MR) is 105 cm³/mol. The van der Waals surface area contributed by atoms with Crippen LogP contribution in [0, 0.1) is 0 Å². The number of methoxy groups -OCH3 is 1. The molecule has 3 N–H and O–H groups in total. The van der Waals surface area contributed by atoms with E-state index < -0.39 is 5.91 Å². The van der Waals surface area contributed by atoms with Crippen LogP contribution in [0.4, 0.5) is 0 Å². The molecule has 0 spiro atoms. The topological polar surface area (TPSA) is 93.9 Å². The third kappa shape index (κ3) is 4.61. The second kappa shape index (κ2) is 9.23. The molecule has 7 heteroatoms. The number of nitrogens with one attached hydrogen (secondary N) is 1. The third-order valence-corrected chi connectivity index (χ3v) is 4.79. The number of rotatable bonds is 7. The van der Waals surface area contributed by atoms with Crippen LogP contribution in [-0.2, 0) is 4.79 Å². The lowest BCUT2D eigenvalue weighted by Crippen LogP contribution is -2.49. The van der Waals surface area contributed by atoms with E-state index in [2.05, 4.69) is 5.32 Å². The van der Waals surface area contributed by atoms with E-state index in [1.54, 1.807) is 31.4 Å². The van der Waals surface area contributed by atoms with Gasteiger partial charge in [-0.05, 0) is 30.3 Å². The summed E-state index contributed by atoms with van der Waals surface area (Å²) in [6.45, 7) is 2.33.